The molecule has 0 aromatic carbocycles. The minimum atomic E-state index is -1.17. The lowest BCUT2D eigenvalue weighted by Gasteiger charge is -2.11. The van der Waals surface area contributed by atoms with E-state index in [0.29, 0.717) is 0 Å². The van der Waals surface area contributed by atoms with Crippen molar-refractivity contribution >= 4 is 17.8 Å². The third-order valence-electron chi connectivity index (χ3n) is 2.40. The average molecular weight is 201 g/mol. The number of hydrogen-bond donors (Lipinski definition) is 2. The van der Waals surface area contributed by atoms with Gasteiger partial charge in [-0.3, -0.25) is 14.4 Å². The van der Waals surface area contributed by atoms with Gasteiger partial charge in [0.2, 0.25) is 5.91 Å². The molecule has 6 nitrogen and oxygen atoms in total. The summed E-state index contributed by atoms with van der Waals surface area (Å²) in [5, 5.41) is 17.5. The van der Waals surface area contributed by atoms with Gasteiger partial charge < -0.3 is 15.1 Å². The summed E-state index contributed by atoms with van der Waals surface area (Å²) in [6.45, 7) is 1.27. The number of carbonyl (C=O) groups is 3. The lowest BCUT2D eigenvalue weighted by molar-refractivity contribution is -0.151. The fourth-order valence-electron chi connectivity index (χ4n) is 1.56. The molecule has 6 heteroatoms. The van der Waals surface area contributed by atoms with E-state index in [-0.39, 0.29) is 19.0 Å². The second-order valence-electron chi connectivity index (χ2n) is 3.31. The van der Waals surface area contributed by atoms with E-state index in [9.17, 15) is 14.4 Å². The summed E-state index contributed by atoms with van der Waals surface area (Å²) in [4.78, 5) is 33.5. The van der Waals surface area contributed by atoms with Gasteiger partial charge in [0.1, 0.15) is 0 Å². The Morgan fingerprint density at radius 2 is 1.43 bits per heavy atom. The van der Waals surface area contributed by atoms with E-state index >= 15 is 0 Å². The van der Waals surface area contributed by atoms with Crippen molar-refractivity contribution in [2.24, 2.45) is 11.8 Å². The standard InChI is InChI=1S/C8H11NO5/c1-4(10)9-2-5(7(11)12)6(3-9)8(13)14/h5-6H,2-3H2,1H3,(H,11,12)(H,13,14)/t5-,6-/m0/s1. The van der Waals surface area contributed by atoms with E-state index in [1.807, 2.05) is 0 Å². The van der Waals surface area contributed by atoms with E-state index < -0.39 is 23.8 Å². The first-order valence-corrected chi connectivity index (χ1v) is 4.14. The normalized spacial score (nSPS) is 26.2. The van der Waals surface area contributed by atoms with Gasteiger partial charge in [-0.1, -0.05) is 0 Å². The molecular weight excluding hydrogens is 190 g/mol. The fourth-order valence-corrected chi connectivity index (χ4v) is 1.56. The molecule has 0 bridgehead atoms. The molecule has 1 rings (SSSR count). The van der Waals surface area contributed by atoms with Crippen LogP contribution in [0.1, 0.15) is 6.92 Å². The molecule has 2 N–H and O–H groups in total. The van der Waals surface area contributed by atoms with Gasteiger partial charge in [-0.25, -0.2) is 0 Å². The summed E-state index contributed by atoms with van der Waals surface area (Å²) < 4.78 is 0. The molecule has 1 amide bonds. The molecule has 0 radical (unpaired) electrons. The zero-order valence-corrected chi connectivity index (χ0v) is 7.64. The Kier molecular flexibility index (Phi) is 2.73. The Morgan fingerprint density at radius 3 is 1.64 bits per heavy atom. The van der Waals surface area contributed by atoms with Crippen molar-refractivity contribution in [3.63, 3.8) is 0 Å². The number of carboxylic acid groups (broad SMARTS) is 2. The highest BCUT2D eigenvalue weighted by atomic mass is 16.4. The molecule has 14 heavy (non-hydrogen) atoms. The van der Waals surface area contributed by atoms with Crippen LogP contribution in [0.2, 0.25) is 0 Å². The summed E-state index contributed by atoms with van der Waals surface area (Å²) in [7, 11) is 0. The molecule has 0 aromatic heterocycles. The Balaban J connectivity index is 2.80. The second kappa shape index (κ2) is 3.65. The summed E-state index contributed by atoms with van der Waals surface area (Å²) in [5.74, 6) is -4.60. The monoisotopic (exact) mass is 201 g/mol. The quantitative estimate of drug-likeness (QED) is 0.613. The molecule has 1 aliphatic heterocycles. The van der Waals surface area contributed by atoms with Crippen LogP contribution in [0.15, 0.2) is 0 Å². The van der Waals surface area contributed by atoms with Gasteiger partial charge in [-0.15, -0.1) is 0 Å². The first-order valence-electron chi connectivity index (χ1n) is 4.14. The molecule has 0 unspecified atom stereocenters. The minimum absolute atomic E-state index is 0.0123. The van der Waals surface area contributed by atoms with Crippen molar-refractivity contribution in [3.05, 3.63) is 0 Å². The average Bonchev–Trinajstić information content (AvgIpc) is 2.47. The maximum Gasteiger partial charge on any atom is 0.309 e. The molecule has 1 saturated heterocycles. The third kappa shape index (κ3) is 1.84. The first-order chi connectivity index (χ1) is 6.43. The number of carboxylic acids is 2. The van der Waals surface area contributed by atoms with Gasteiger partial charge in [0.15, 0.2) is 0 Å². The minimum Gasteiger partial charge on any atom is -0.481 e. The Labute approximate surface area is 80.1 Å². The van der Waals surface area contributed by atoms with Crippen LogP contribution < -0.4 is 0 Å². The molecule has 1 heterocycles. The molecule has 0 aromatic rings. The smallest absolute Gasteiger partial charge is 0.309 e. The lowest BCUT2D eigenvalue weighted by atomic mass is 9.97. The molecule has 0 saturated carbocycles. The van der Waals surface area contributed by atoms with E-state index in [2.05, 4.69) is 0 Å². The third-order valence-corrected chi connectivity index (χ3v) is 2.40. The van der Waals surface area contributed by atoms with Gasteiger partial charge in [0.05, 0.1) is 11.8 Å². The van der Waals surface area contributed by atoms with Crippen LogP contribution in [0.3, 0.4) is 0 Å². The molecule has 2 atom stereocenters. The molecule has 0 spiro atoms. The number of amides is 1. The summed E-state index contributed by atoms with van der Waals surface area (Å²) in [6.07, 6.45) is 0. The van der Waals surface area contributed by atoms with Crippen LogP contribution in [0.25, 0.3) is 0 Å². The van der Waals surface area contributed by atoms with Crippen molar-refractivity contribution < 1.29 is 24.6 Å². The highest BCUT2D eigenvalue weighted by Gasteiger charge is 2.42. The maximum atomic E-state index is 10.9. The summed E-state index contributed by atoms with van der Waals surface area (Å²) in [5.41, 5.74) is 0. The van der Waals surface area contributed by atoms with Gasteiger partial charge in [-0.2, -0.15) is 0 Å². The van der Waals surface area contributed by atoms with Crippen molar-refractivity contribution in [1.29, 1.82) is 0 Å². The topological polar surface area (TPSA) is 94.9 Å². The Morgan fingerprint density at radius 1 is 1.07 bits per heavy atom. The van der Waals surface area contributed by atoms with Crippen molar-refractivity contribution in [1.82, 2.24) is 4.90 Å². The zero-order chi connectivity index (χ0) is 10.9. The lowest BCUT2D eigenvalue weighted by Crippen LogP contribution is -2.28. The second-order valence-corrected chi connectivity index (χ2v) is 3.31. The number of nitrogens with zero attached hydrogens (tertiary/aromatic N) is 1. The van der Waals surface area contributed by atoms with Crippen LogP contribution in [0, 0.1) is 11.8 Å². The number of likely N-dealkylation sites (tertiary alicyclic amines) is 1. The van der Waals surface area contributed by atoms with Gasteiger partial charge >= 0.3 is 11.9 Å². The molecule has 1 aliphatic rings. The van der Waals surface area contributed by atoms with Crippen LogP contribution in [-0.4, -0.2) is 46.0 Å². The Hall–Kier alpha value is -1.59. The highest BCUT2D eigenvalue weighted by Crippen LogP contribution is 2.23. The number of hydrogen-bond acceptors (Lipinski definition) is 3. The SMILES string of the molecule is CC(=O)N1C[C@H](C(=O)O)[C@@H](C(=O)O)C1. The van der Waals surface area contributed by atoms with Crippen molar-refractivity contribution in [3.8, 4) is 0 Å². The number of rotatable bonds is 2. The first kappa shape index (κ1) is 10.5. The Bertz CT molecular complexity index is 265. The van der Waals surface area contributed by atoms with Gasteiger partial charge in [-0.05, 0) is 0 Å². The van der Waals surface area contributed by atoms with E-state index in [1.165, 1.54) is 11.8 Å². The zero-order valence-electron chi connectivity index (χ0n) is 7.64. The highest BCUT2D eigenvalue weighted by molar-refractivity contribution is 5.83. The van der Waals surface area contributed by atoms with Crippen LogP contribution in [0.4, 0.5) is 0 Å². The molecular formula is C8H11NO5. The van der Waals surface area contributed by atoms with Crippen LogP contribution in [-0.2, 0) is 14.4 Å². The van der Waals surface area contributed by atoms with E-state index in [4.69, 9.17) is 10.2 Å². The summed E-state index contributed by atoms with van der Waals surface area (Å²) in [6, 6.07) is 0. The van der Waals surface area contributed by atoms with E-state index in [1.54, 1.807) is 0 Å². The van der Waals surface area contributed by atoms with Crippen molar-refractivity contribution in [2.75, 3.05) is 13.1 Å². The van der Waals surface area contributed by atoms with Gasteiger partial charge in [0, 0.05) is 20.0 Å². The number of aliphatic carboxylic acids is 2. The molecule has 78 valence electrons. The van der Waals surface area contributed by atoms with E-state index in [0.717, 1.165) is 0 Å². The molecule has 0 aliphatic carbocycles. The van der Waals surface area contributed by atoms with Gasteiger partial charge in [0.25, 0.3) is 0 Å². The summed E-state index contributed by atoms with van der Waals surface area (Å²) >= 11 is 0. The predicted molar refractivity (Wildman–Crippen MR) is 44.5 cm³/mol. The van der Waals surface area contributed by atoms with Crippen LogP contribution >= 0.6 is 0 Å². The fraction of sp³-hybridized carbons (Fsp3) is 0.625. The molecule has 1 fully saturated rings. The predicted octanol–water partition coefficient (Wildman–Crippen LogP) is -0.750. The van der Waals surface area contributed by atoms with Crippen LogP contribution in [0.5, 0.6) is 0 Å². The largest absolute Gasteiger partial charge is 0.481 e. The van der Waals surface area contributed by atoms with Crippen molar-refractivity contribution in [2.45, 2.75) is 6.92 Å². The maximum absolute atomic E-state index is 10.9. The number of carbonyl (C=O) groups excluding carboxylic acids is 1.